The number of carbonyl (C=O) groups excluding carboxylic acids is 1. The van der Waals surface area contributed by atoms with Crippen LogP contribution >= 0.6 is 0 Å². The number of hydroxylamine groups is 1. The number of aromatic nitrogens is 2. The summed E-state index contributed by atoms with van der Waals surface area (Å²) >= 11 is 0. The third kappa shape index (κ3) is 1.46. The van der Waals surface area contributed by atoms with Gasteiger partial charge in [0.25, 0.3) is 5.91 Å². The fourth-order valence-corrected chi connectivity index (χ4v) is 1.70. The lowest BCUT2D eigenvalue weighted by atomic mass is 10.3. The van der Waals surface area contributed by atoms with E-state index < -0.39 is 5.91 Å². The molecule has 0 unspecified atom stereocenters. The molecule has 0 aromatic carbocycles. The fraction of sp³-hybridized carbons (Fsp3) is 0.200. The van der Waals surface area contributed by atoms with Crippen molar-refractivity contribution in [1.82, 2.24) is 15.0 Å². The maximum atomic E-state index is 11.4. The van der Waals surface area contributed by atoms with Crippen molar-refractivity contribution in [3.63, 3.8) is 0 Å². The van der Waals surface area contributed by atoms with Gasteiger partial charge in [-0.1, -0.05) is 0 Å². The molecule has 2 aromatic heterocycles. The third-order valence-corrected chi connectivity index (χ3v) is 2.35. The average molecular weight is 205 g/mol. The Bertz CT molecular complexity index is 504. The first-order valence-corrected chi connectivity index (χ1v) is 4.65. The van der Waals surface area contributed by atoms with Crippen LogP contribution in [0.15, 0.2) is 24.5 Å². The highest BCUT2D eigenvalue weighted by atomic mass is 16.5. The SMILES string of the molecule is CCn1c(C(=O)NO)cc2cnccc21. The summed E-state index contributed by atoms with van der Waals surface area (Å²) in [5, 5.41) is 9.49. The normalized spacial score (nSPS) is 10.5. The van der Waals surface area contributed by atoms with Crippen molar-refractivity contribution in [2.24, 2.45) is 0 Å². The lowest BCUT2D eigenvalue weighted by Crippen LogP contribution is -2.21. The molecule has 2 rings (SSSR count). The lowest BCUT2D eigenvalue weighted by Gasteiger charge is -2.05. The van der Waals surface area contributed by atoms with Crippen molar-refractivity contribution in [3.8, 4) is 0 Å². The van der Waals surface area contributed by atoms with Gasteiger partial charge in [0.15, 0.2) is 0 Å². The Labute approximate surface area is 86.3 Å². The second-order valence-corrected chi connectivity index (χ2v) is 3.15. The first-order valence-electron chi connectivity index (χ1n) is 4.65. The zero-order valence-electron chi connectivity index (χ0n) is 8.27. The van der Waals surface area contributed by atoms with Crippen molar-refractivity contribution in [2.45, 2.75) is 13.5 Å². The van der Waals surface area contributed by atoms with Crippen LogP contribution in [0.3, 0.4) is 0 Å². The predicted molar refractivity (Wildman–Crippen MR) is 54.7 cm³/mol. The van der Waals surface area contributed by atoms with Gasteiger partial charge in [-0.15, -0.1) is 0 Å². The van der Waals surface area contributed by atoms with E-state index in [1.54, 1.807) is 23.9 Å². The number of pyridine rings is 1. The number of fused-ring (bicyclic) bond motifs is 1. The van der Waals surface area contributed by atoms with Gasteiger partial charge in [0.05, 0.1) is 5.52 Å². The first-order chi connectivity index (χ1) is 7.27. The molecule has 2 aromatic rings. The first kappa shape index (κ1) is 9.67. The second kappa shape index (κ2) is 3.70. The highest BCUT2D eigenvalue weighted by Crippen LogP contribution is 2.18. The maximum absolute atomic E-state index is 11.4. The maximum Gasteiger partial charge on any atom is 0.291 e. The summed E-state index contributed by atoms with van der Waals surface area (Å²) in [4.78, 5) is 15.3. The number of nitrogens with one attached hydrogen (secondary N) is 1. The van der Waals surface area contributed by atoms with E-state index in [4.69, 9.17) is 5.21 Å². The largest absolute Gasteiger partial charge is 0.337 e. The molecule has 78 valence electrons. The Morgan fingerprint density at radius 2 is 2.47 bits per heavy atom. The zero-order chi connectivity index (χ0) is 10.8. The fourth-order valence-electron chi connectivity index (χ4n) is 1.70. The van der Waals surface area contributed by atoms with Crippen LogP contribution in [0, 0.1) is 0 Å². The van der Waals surface area contributed by atoms with Gasteiger partial charge in [0, 0.05) is 24.3 Å². The number of carbonyl (C=O) groups is 1. The standard InChI is InChI=1S/C10H11N3O2/c1-2-13-8-3-4-11-6-7(8)5-9(13)10(14)12-15/h3-6,15H,2H2,1H3,(H,12,14). The summed E-state index contributed by atoms with van der Waals surface area (Å²) in [7, 11) is 0. The minimum atomic E-state index is -0.506. The molecular formula is C10H11N3O2. The van der Waals surface area contributed by atoms with Crippen LogP contribution in [0.4, 0.5) is 0 Å². The van der Waals surface area contributed by atoms with Crippen LogP contribution in [0.25, 0.3) is 10.9 Å². The molecule has 2 heterocycles. The smallest absolute Gasteiger partial charge is 0.291 e. The minimum absolute atomic E-state index is 0.433. The monoisotopic (exact) mass is 205 g/mol. The summed E-state index contributed by atoms with van der Waals surface area (Å²) in [5.41, 5.74) is 3.01. The summed E-state index contributed by atoms with van der Waals surface area (Å²) in [6, 6.07) is 3.55. The average Bonchev–Trinajstić information content (AvgIpc) is 2.66. The van der Waals surface area contributed by atoms with Crippen molar-refractivity contribution in [1.29, 1.82) is 0 Å². The molecule has 5 heteroatoms. The molecular weight excluding hydrogens is 194 g/mol. The molecule has 2 N–H and O–H groups in total. The summed E-state index contributed by atoms with van der Waals surface area (Å²) < 4.78 is 1.82. The van der Waals surface area contributed by atoms with Gasteiger partial charge in [-0.2, -0.15) is 0 Å². The van der Waals surface area contributed by atoms with Crippen molar-refractivity contribution >= 4 is 16.8 Å². The van der Waals surface area contributed by atoms with E-state index in [0.29, 0.717) is 12.2 Å². The molecule has 0 spiro atoms. The molecule has 0 aliphatic rings. The number of hydrogen-bond donors (Lipinski definition) is 2. The lowest BCUT2D eigenvalue weighted by molar-refractivity contribution is 0.0696. The molecule has 5 nitrogen and oxygen atoms in total. The number of rotatable bonds is 2. The van der Waals surface area contributed by atoms with Gasteiger partial charge < -0.3 is 4.57 Å². The van der Waals surface area contributed by atoms with E-state index in [0.717, 1.165) is 10.9 Å². The van der Waals surface area contributed by atoms with Crippen LogP contribution in [-0.2, 0) is 6.54 Å². The molecule has 0 aliphatic carbocycles. The molecule has 0 aliphatic heterocycles. The Kier molecular flexibility index (Phi) is 2.39. The van der Waals surface area contributed by atoms with Crippen LogP contribution in [0.2, 0.25) is 0 Å². The molecule has 0 saturated carbocycles. The predicted octanol–water partition coefficient (Wildman–Crippen LogP) is 1.18. The second-order valence-electron chi connectivity index (χ2n) is 3.15. The Hall–Kier alpha value is -1.88. The van der Waals surface area contributed by atoms with E-state index in [9.17, 15) is 4.79 Å². The van der Waals surface area contributed by atoms with Gasteiger partial charge >= 0.3 is 0 Å². The Morgan fingerprint density at radius 1 is 1.67 bits per heavy atom. The number of aryl methyl sites for hydroxylation is 1. The van der Waals surface area contributed by atoms with E-state index in [1.807, 2.05) is 17.6 Å². The van der Waals surface area contributed by atoms with Gasteiger partial charge in [-0.25, -0.2) is 5.48 Å². The van der Waals surface area contributed by atoms with Crippen LogP contribution in [-0.4, -0.2) is 20.7 Å². The summed E-state index contributed by atoms with van der Waals surface area (Å²) in [6.45, 7) is 2.60. The number of nitrogens with zero attached hydrogens (tertiary/aromatic N) is 2. The molecule has 1 amide bonds. The molecule has 0 atom stereocenters. The van der Waals surface area contributed by atoms with Crippen molar-refractivity contribution in [2.75, 3.05) is 0 Å². The van der Waals surface area contributed by atoms with Gasteiger partial charge in [-0.3, -0.25) is 15.0 Å². The summed E-state index contributed by atoms with van der Waals surface area (Å²) in [5.74, 6) is -0.506. The molecule has 0 fully saturated rings. The van der Waals surface area contributed by atoms with E-state index in [1.165, 1.54) is 0 Å². The van der Waals surface area contributed by atoms with Crippen LogP contribution < -0.4 is 5.48 Å². The quantitative estimate of drug-likeness (QED) is 0.571. The molecule has 0 bridgehead atoms. The highest BCUT2D eigenvalue weighted by Gasteiger charge is 2.13. The van der Waals surface area contributed by atoms with Gasteiger partial charge in [0.1, 0.15) is 5.69 Å². The molecule has 0 saturated heterocycles. The zero-order valence-corrected chi connectivity index (χ0v) is 8.27. The van der Waals surface area contributed by atoms with Crippen molar-refractivity contribution in [3.05, 3.63) is 30.2 Å². The third-order valence-electron chi connectivity index (χ3n) is 2.35. The van der Waals surface area contributed by atoms with E-state index >= 15 is 0 Å². The minimum Gasteiger partial charge on any atom is -0.337 e. The van der Waals surface area contributed by atoms with Gasteiger partial charge in [0.2, 0.25) is 0 Å². The number of hydrogen-bond acceptors (Lipinski definition) is 3. The highest BCUT2D eigenvalue weighted by molar-refractivity contribution is 5.97. The molecule has 15 heavy (non-hydrogen) atoms. The topological polar surface area (TPSA) is 67.2 Å². The van der Waals surface area contributed by atoms with E-state index in [-0.39, 0.29) is 0 Å². The van der Waals surface area contributed by atoms with E-state index in [2.05, 4.69) is 4.98 Å². The molecule has 0 radical (unpaired) electrons. The van der Waals surface area contributed by atoms with Gasteiger partial charge in [-0.05, 0) is 19.1 Å². The van der Waals surface area contributed by atoms with Crippen LogP contribution in [0.1, 0.15) is 17.4 Å². The van der Waals surface area contributed by atoms with Crippen LogP contribution in [0.5, 0.6) is 0 Å². The number of amides is 1. The van der Waals surface area contributed by atoms with Crippen molar-refractivity contribution < 1.29 is 10.0 Å². The Balaban J connectivity index is 2.69. The Morgan fingerprint density at radius 3 is 3.13 bits per heavy atom. The summed E-state index contributed by atoms with van der Waals surface area (Å²) in [6.07, 6.45) is 3.37.